The van der Waals surface area contributed by atoms with Gasteiger partial charge < -0.3 is 22.9 Å². The zero-order valence-corrected chi connectivity index (χ0v) is 9.67. The van der Waals surface area contributed by atoms with Crippen molar-refractivity contribution in [1.82, 2.24) is 9.80 Å². The Labute approximate surface area is 103 Å². The lowest BCUT2D eigenvalue weighted by Crippen LogP contribution is -2.46. The van der Waals surface area contributed by atoms with E-state index in [1.54, 1.807) is 0 Å². The molecule has 0 unspecified atom stereocenters. The molecule has 0 aromatic heterocycles. The highest BCUT2D eigenvalue weighted by atomic mass is 16.2. The van der Waals surface area contributed by atoms with Crippen LogP contribution in [0, 0.1) is 0 Å². The molecule has 0 aliphatic rings. The van der Waals surface area contributed by atoms with E-state index in [0.717, 1.165) is 0 Å². The number of hydrogen-bond acceptors (Lipinski definition) is 4. The van der Waals surface area contributed by atoms with Gasteiger partial charge in [-0.25, -0.2) is 29.0 Å². The van der Waals surface area contributed by atoms with Crippen LogP contribution >= 0.6 is 0 Å². The molecule has 0 bridgehead atoms. The minimum Gasteiger partial charge on any atom is -0.351 e. The molecule has 0 fully saturated rings. The van der Waals surface area contributed by atoms with E-state index < -0.39 is 24.1 Å². The molecule has 0 radical (unpaired) electrons. The second-order valence-corrected chi connectivity index (χ2v) is 3.36. The van der Waals surface area contributed by atoms with E-state index in [-0.39, 0.29) is 13.1 Å². The quantitative estimate of drug-likeness (QED) is 0.448. The lowest BCUT2D eigenvalue weighted by atomic mass is 10.3. The molecule has 0 aliphatic carbocycles. The zero-order valence-electron chi connectivity index (χ0n) is 9.67. The van der Waals surface area contributed by atoms with E-state index in [1.807, 2.05) is 0 Å². The maximum atomic E-state index is 10.8. The number of unbranched alkanes of at least 4 members (excludes halogenated alkanes) is 1. The van der Waals surface area contributed by atoms with E-state index in [2.05, 4.69) is 0 Å². The first kappa shape index (κ1) is 15.5. The SMILES string of the molecule is NC(=O)N(CCCCN(C(N)=O)C(N)=O)C(N)=O. The van der Waals surface area contributed by atoms with E-state index in [4.69, 9.17) is 22.9 Å². The van der Waals surface area contributed by atoms with E-state index >= 15 is 0 Å². The molecule has 0 saturated carbocycles. The van der Waals surface area contributed by atoms with Crippen LogP contribution in [0.15, 0.2) is 0 Å². The Bertz CT molecular complexity index is 295. The fourth-order valence-electron chi connectivity index (χ4n) is 1.20. The van der Waals surface area contributed by atoms with Crippen LogP contribution in [0.25, 0.3) is 0 Å². The van der Waals surface area contributed by atoms with Gasteiger partial charge in [-0.15, -0.1) is 0 Å². The first-order chi connectivity index (χ1) is 8.27. The number of carbonyl (C=O) groups is 4. The Morgan fingerprint density at radius 2 is 0.833 bits per heavy atom. The minimum atomic E-state index is -0.968. The average Bonchev–Trinajstić information content (AvgIpc) is 2.20. The van der Waals surface area contributed by atoms with Crippen molar-refractivity contribution in [3.8, 4) is 0 Å². The number of nitrogens with zero attached hydrogens (tertiary/aromatic N) is 2. The number of primary amides is 4. The maximum absolute atomic E-state index is 10.8. The Kier molecular flexibility index (Phi) is 5.96. The summed E-state index contributed by atoms with van der Waals surface area (Å²) in [6.07, 6.45) is 0.589. The van der Waals surface area contributed by atoms with Gasteiger partial charge in [0.25, 0.3) is 0 Å². The Morgan fingerprint density at radius 1 is 0.611 bits per heavy atom. The summed E-state index contributed by atoms with van der Waals surface area (Å²) >= 11 is 0. The summed E-state index contributed by atoms with van der Waals surface area (Å²) in [5, 5.41) is 0. The van der Waals surface area contributed by atoms with Gasteiger partial charge in [-0.1, -0.05) is 0 Å². The maximum Gasteiger partial charge on any atom is 0.322 e. The number of amides is 8. The van der Waals surface area contributed by atoms with Crippen LogP contribution in [0.2, 0.25) is 0 Å². The summed E-state index contributed by atoms with van der Waals surface area (Å²) in [6, 6.07) is -3.87. The fourth-order valence-corrected chi connectivity index (χ4v) is 1.20. The van der Waals surface area contributed by atoms with Crippen molar-refractivity contribution in [2.75, 3.05) is 13.1 Å². The summed E-state index contributed by atoms with van der Waals surface area (Å²) in [5.41, 5.74) is 19.6. The molecule has 0 atom stereocenters. The van der Waals surface area contributed by atoms with Crippen molar-refractivity contribution in [2.24, 2.45) is 22.9 Å². The fraction of sp³-hybridized carbons (Fsp3) is 0.500. The third-order valence-electron chi connectivity index (χ3n) is 2.08. The molecule has 8 N–H and O–H groups in total. The Morgan fingerprint density at radius 3 is 1.00 bits per heavy atom. The molecular formula is C8H16N6O4. The van der Waals surface area contributed by atoms with Gasteiger partial charge in [0.2, 0.25) is 0 Å². The van der Waals surface area contributed by atoms with Crippen LogP contribution in [0.4, 0.5) is 19.2 Å². The predicted molar refractivity (Wildman–Crippen MR) is 61.0 cm³/mol. The van der Waals surface area contributed by atoms with Gasteiger partial charge in [0.15, 0.2) is 0 Å². The molecule has 0 saturated heterocycles. The number of carbonyl (C=O) groups excluding carboxylic acids is 4. The molecule has 10 heteroatoms. The van der Waals surface area contributed by atoms with E-state index in [0.29, 0.717) is 22.6 Å². The highest BCUT2D eigenvalue weighted by Gasteiger charge is 2.17. The third kappa shape index (κ3) is 5.01. The summed E-state index contributed by atoms with van der Waals surface area (Å²) in [6.45, 7) is -0.0357. The molecule has 0 aromatic rings. The average molecular weight is 260 g/mol. The van der Waals surface area contributed by atoms with E-state index in [1.165, 1.54) is 0 Å². The lowest BCUT2D eigenvalue weighted by Gasteiger charge is -2.18. The number of urea groups is 4. The minimum absolute atomic E-state index is 0.0178. The molecule has 10 nitrogen and oxygen atoms in total. The van der Waals surface area contributed by atoms with Crippen LogP contribution in [-0.4, -0.2) is 47.0 Å². The summed E-state index contributed by atoms with van der Waals surface area (Å²) < 4.78 is 0. The van der Waals surface area contributed by atoms with Crippen molar-refractivity contribution >= 4 is 24.1 Å². The molecular weight excluding hydrogens is 244 g/mol. The number of imide groups is 2. The van der Waals surface area contributed by atoms with Crippen LogP contribution in [0.5, 0.6) is 0 Å². The monoisotopic (exact) mass is 260 g/mol. The summed E-state index contributed by atoms with van der Waals surface area (Å²) in [5.74, 6) is 0. The largest absolute Gasteiger partial charge is 0.351 e. The molecule has 0 aliphatic heterocycles. The van der Waals surface area contributed by atoms with Crippen molar-refractivity contribution in [3.05, 3.63) is 0 Å². The van der Waals surface area contributed by atoms with Gasteiger partial charge in [-0.2, -0.15) is 0 Å². The first-order valence-corrected chi connectivity index (χ1v) is 5.00. The number of hydrogen-bond donors (Lipinski definition) is 4. The lowest BCUT2D eigenvalue weighted by molar-refractivity contribution is 0.189. The molecule has 8 amide bonds. The Hall–Kier alpha value is -2.52. The predicted octanol–water partition coefficient (Wildman–Crippen LogP) is -1.31. The number of rotatable bonds is 5. The van der Waals surface area contributed by atoms with Gasteiger partial charge >= 0.3 is 24.1 Å². The van der Waals surface area contributed by atoms with Crippen LogP contribution < -0.4 is 22.9 Å². The summed E-state index contributed by atoms with van der Waals surface area (Å²) in [7, 11) is 0. The Balaban J connectivity index is 4.12. The van der Waals surface area contributed by atoms with Gasteiger partial charge in [0, 0.05) is 13.1 Å². The number of nitrogens with two attached hydrogens (primary N) is 4. The van der Waals surface area contributed by atoms with Crippen molar-refractivity contribution in [1.29, 1.82) is 0 Å². The molecule has 18 heavy (non-hydrogen) atoms. The summed E-state index contributed by atoms with van der Waals surface area (Å²) in [4.78, 5) is 44.4. The van der Waals surface area contributed by atoms with Crippen LogP contribution in [-0.2, 0) is 0 Å². The van der Waals surface area contributed by atoms with Crippen LogP contribution in [0.3, 0.4) is 0 Å². The first-order valence-electron chi connectivity index (χ1n) is 5.00. The van der Waals surface area contributed by atoms with E-state index in [9.17, 15) is 19.2 Å². The van der Waals surface area contributed by atoms with Crippen molar-refractivity contribution < 1.29 is 19.2 Å². The second-order valence-electron chi connectivity index (χ2n) is 3.36. The molecule has 0 heterocycles. The third-order valence-corrected chi connectivity index (χ3v) is 2.08. The topological polar surface area (TPSA) is 179 Å². The van der Waals surface area contributed by atoms with Gasteiger partial charge in [0.1, 0.15) is 0 Å². The van der Waals surface area contributed by atoms with Crippen molar-refractivity contribution in [3.63, 3.8) is 0 Å². The van der Waals surface area contributed by atoms with Crippen LogP contribution in [0.1, 0.15) is 12.8 Å². The van der Waals surface area contributed by atoms with Gasteiger partial charge in [-0.05, 0) is 12.8 Å². The molecule has 0 spiro atoms. The molecule has 102 valence electrons. The molecule has 0 aromatic carbocycles. The standard InChI is InChI=1S/C8H16N6O4/c9-5(15)13(6(10)16)3-1-2-4-14(7(11)17)8(12)18/h1-4H2,(H2,9,15)(H2,10,16)(H2,11,17)(H2,12,18). The highest BCUT2D eigenvalue weighted by molar-refractivity contribution is 5.92. The molecule has 0 rings (SSSR count). The zero-order chi connectivity index (χ0) is 14.3. The highest BCUT2D eigenvalue weighted by Crippen LogP contribution is 1.98. The van der Waals surface area contributed by atoms with Crippen molar-refractivity contribution in [2.45, 2.75) is 12.8 Å². The second kappa shape index (κ2) is 6.93. The van der Waals surface area contributed by atoms with Gasteiger partial charge in [-0.3, -0.25) is 0 Å². The normalized spacial score (nSPS) is 9.56. The smallest absolute Gasteiger partial charge is 0.322 e. The van der Waals surface area contributed by atoms with Gasteiger partial charge in [0.05, 0.1) is 0 Å².